The maximum absolute atomic E-state index is 5.91. The minimum Gasteiger partial charge on any atom is -0.329 e. The van der Waals surface area contributed by atoms with Gasteiger partial charge < -0.3 is 5.73 Å². The summed E-state index contributed by atoms with van der Waals surface area (Å²) in [4.78, 5) is 2.51. The molecule has 0 amide bonds. The van der Waals surface area contributed by atoms with Crippen molar-refractivity contribution in [2.75, 3.05) is 13.6 Å². The highest BCUT2D eigenvalue weighted by atomic mass is 15.2. The van der Waals surface area contributed by atoms with Crippen molar-refractivity contribution in [3.8, 4) is 0 Å². The molecule has 84 valence electrons. The van der Waals surface area contributed by atoms with Gasteiger partial charge in [-0.05, 0) is 38.6 Å². The number of nitrogens with zero attached hydrogens (tertiary/aromatic N) is 1. The number of likely N-dealkylation sites (N-methyl/N-ethyl adjacent to an activating group) is 1. The molecule has 2 N–H and O–H groups in total. The second kappa shape index (κ2) is 3.82. The Hall–Kier alpha value is -0.0800. The lowest BCUT2D eigenvalue weighted by molar-refractivity contribution is -0.0181. The third-order valence-electron chi connectivity index (χ3n) is 4.25. The highest BCUT2D eigenvalue weighted by molar-refractivity contribution is 5.00. The number of nitrogens with two attached hydrogens (primary N) is 1. The Morgan fingerprint density at radius 3 is 2.07 bits per heavy atom. The van der Waals surface area contributed by atoms with E-state index in [0.717, 1.165) is 6.54 Å². The minimum atomic E-state index is 0.312. The lowest BCUT2D eigenvalue weighted by Gasteiger charge is -2.53. The molecule has 1 saturated carbocycles. The van der Waals surface area contributed by atoms with Crippen molar-refractivity contribution in [1.29, 1.82) is 0 Å². The first-order valence-corrected chi connectivity index (χ1v) is 5.76. The minimum absolute atomic E-state index is 0.312. The van der Waals surface area contributed by atoms with Crippen LogP contribution in [0.2, 0.25) is 0 Å². The van der Waals surface area contributed by atoms with Crippen LogP contribution in [0.5, 0.6) is 0 Å². The average molecular weight is 198 g/mol. The predicted octanol–water partition coefficient (Wildman–Crippen LogP) is 2.23. The SMILES string of the molecule is CC(N(C)C1(CN)CCC1)C(C)(C)C. The maximum Gasteiger partial charge on any atom is 0.0331 e. The van der Waals surface area contributed by atoms with Crippen LogP contribution in [-0.2, 0) is 0 Å². The zero-order valence-electron chi connectivity index (χ0n) is 10.4. The highest BCUT2D eigenvalue weighted by Gasteiger charge is 2.43. The van der Waals surface area contributed by atoms with Gasteiger partial charge in [0.2, 0.25) is 0 Å². The quantitative estimate of drug-likeness (QED) is 0.753. The molecule has 1 atom stereocenters. The van der Waals surface area contributed by atoms with Crippen molar-refractivity contribution in [3.05, 3.63) is 0 Å². The molecule has 0 aromatic rings. The van der Waals surface area contributed by atoms with Crippen LogP contribution < -0.4 is 5.73 Å². The molecule has 0 bridgehead atoms. The largest absolute Gasteiger partial charge is 0.329 e. The van der Waals surface area contributed by atoms with Crippen molar-refractivity contribution < 1.29 is 0 Å². The molecule has 2 heteroatoms. The molecule has 0 saturated heterocycles. The summed E-state index contributed by atoms with van der Waals surface area (Å²) in [6.07, 6.45) is 3.90. The fraction of sp³-hybridized carbons (Fsp3) is 1.00. The van der Waals surface area contributed by atoms with Gasteiger partial charge in [0, 0.05) is 18.1 Å². The first-order valence-electron chi connectivity index (χ1n) is 5.76. The van der Waals surface area contributed by atoms with Gasteiger partial charge in [-0.25, -0.2) is 0 Å². The summed E-state index contributed by atoms with van der Waals surface area (Å²) < 4.78 is 0. The third kappa shape index (κ3) is 1.96. The van der Waals surface area contributed by atoms with E-state index in [1.165, 1.54) is 19.3 Å². The van der Waals surface area contributed by atoms with Gasteiger partial charge in [0.25, 0.3) is 0 Å². The summed E-state index contributed by atoms with van der Waals surface area (Å²) in [5.74, 6) is 0. The molecule has 1 aliphatic carbocycles. The molecule has 1 unspecified atom stereocenters. The van der Waals surface area contributed by atoms with E-state index in [1.807, 2.05) is 0 Å². The zero-order valence-corrected chi connectivity index (χ0v) is 10.4. The van der Waals surface area contributed by atoms with Crippen molar-refractivity contribution in [2.24, 2.45) is 11.1 Å². The van der Waals surface area contributed by atoms with Gasteiger partial charge in [-0.3, -0.25) is 4.90 Å². The molecular weight excluding hydrogens is 172 g/mol. The van der Waals surface area contributed by atoms with Gasteiger partial charge in [-0.2, -0.15) is 0 Å². The summed E-state index contributed by atoms with van der Waals surface area (Å²) in [5.41, 5.74) is 6.56. The highest BCUT2D eigenvalue weighted by Crippen LogP contribution is 2.39. The van der Waals surface area contributed by atoms with E-state index in [-0.39, 0.29) is 0 Å². The summed E-state index contributed by atoms with van der Waals surface area (Å²) in [7, 11) is 2.24. The van der Waals surface area contributed by atoms with E-state index in [4.69, 9.17) is 5.73 Å². The molecule has 14 heavy (non-hydrogen) atoms. The Bertz CT molecular complexity index is 183. The molecule has 1 fully saturated rings. The van der Waals surface area contributed by atoms with Crippen LogP contribution in [0, 0.1) is 5.41 Å². The van der Waals surface area contributed by atoms with Crippen molar-refractivity contribution >= 4 is 0 Å². The maximum atomic E-state index is 5.91. The normalized spacial score (nSPS) is 23.4. The molecule has 0 heterocycles. The Morgan fingerprint density at radius 2 is 1.86 bits per heavy atom. The summed E-state index contributed by atoms with van der Waals surface area (Å²) in [6, 6.07) is 0.589. The van der Waals surface area contributed by atoms with Crippen LogP contribution in [0.4, 0.5) is 0 Å². The van der Waals surface area contributed by atoms with Crippen molar-refractivity contribution in [3.63, 3.8) is 0 Å². The average Bonchev–Trinajstić information content (AvgIpc) is 2.00. The summed E-state index contributed by atoms with van der Waals surface area (Å²) >= 11 is 0. The van der Waals surface area contributed by atoms with Crippen molar-refractivity contribution in [1.82, 2.24) is 4.90 Å². The summed E-state index contributed by atoms with van der Waals surface area (Å²) in [6.45, 7) is 10.0. The molecule has 1 rings (SSSR count). The summed E-state index contributed by atoms with van der Waals surface area (Å²) in [5, 5.41) is 0. The Balaban J connectivity index is 2.68. The molecule has 0 aromatic carbocycles. The predicted molar refractivity (Wildman–Crippen MR) is 62.3 cm³/mol. The number of rotatable bonds is 3. The molecule has 0 spiro atoms. The van der Waals surface area contributed by atoms with Crippen LogP contribution >= 0.6 is 0 Å². The van der Waals surface area contributed by atoms with Crippen molar-refractivity contribution in [2.45, 2.75) is 58.5 Å². The second-order valence-corrected chi connectivity index (χ2v) is 5.93. The van der Waals surface area contributed by atoms with E-state index >= 15 is 0 Å². The fourth-order valence-electron chi connectivity index (χ4n) is 2.28. The first kappa shape index (κ1) is 12.0. The third-order valence-corrected chi connectivity index (χ3v) is 4.25. The molecular formula is C12H26N2. The van der Waals surface area contributed by atoms with E-state index in [1.54, 1.807) is 0 Å². The van der Waals surface area contributed by atoms with Gasteiger partial charge in [0.1, 0.15) is 0 Å². The lowest BCUT2D eigenvalue weighted by Crippen LogP contribution is -2.61. The van der Waals surface area contributed by atoms with Gasteiger partial charge in [0.15, 0.2) is 0 Å². The van der Waals surface area contributed by atoms with Gasteiger partial charge >= 0.3 is 0 Å². The van der Waals surface area contributed by atoms with Crippen LogP contribution in [0.15, 0.2) is 0 Å². The molecule has 2 nitrogen and oxygen atoms in total. The van der Waals surface area contributed by atoms with Crippen LogP contribution in [0.25, 0.3) is 0 Å². The lowest BCUT2D eigenvalue weighted by atomic mass is 9.73. The van der Waals surface area contributed by atoms with Crippen LogP contribution in [-0.4, -0.2) is 30.1 Å². The van der Waals surface area contributed by atoms with Gasteiger partial charge in [-0.1, -0.05) is 20.8 Å². The number of hydrogen-bond acceptors (Lipinski definition) is 2. The van der Waals surface area contributed by atoms with Gasteiger partial charge in [0.05, 0.1) is 0 Å². The van der Waals surface area contributed by atoms with Crippen LogP contribution in [0.3, 0.4) is 0 Å². The fourth-order valence-corrected chi connectivity index (χ4v) is 2.28. The molecule has 0 aliphatic heterocycles. The molecule has 0 aromatic heterocycles. The van der Waals surface area contributed by atoms with E-state index in [0.29, 0.717) is 17.0 Å². The Labute approximate surface area is 88.8 Å². The van der Waals surface area contributed by atoms with Gasteiger partial charge in [-0.15, -0.1) is 0 Å². The standard InChI is InChI=1S/C12H26N2/c1-10(11(2,3)4)14(5)12(9-13)7-6-8-12/h10H,6-9,13H2,1-5H3. The van der Waals surface area contributed by atoms with E-state index in [2.05, 4.69) is 39.6 Å². The first-order chi connectivity index (χ1) is 6.33. The van der Waals surface area contributed by atoms with Crippen LogP contribution in [0.1, 0.15) is 47.0 Å². The molecule has 1 aliphatic rings. The van der Waals surface area contributed by atoms with E-state index < -0.39 is 0 Å². The monoisotopic (exact) mass is 198 g/mol. The van der Waals surface area contributed by atoms with E-state index in [9.17, 15) is 0 Å². The second-order valence-electron chi connectivity index (χ2n) is 5.93. The Morgan fingerprint density at radius 1 is 1.36 bits per heavy atom. The zero-order chi connectivity index (χ0) is 11.0. The molecule has 0 radical (unpaired) electrons. The number of hydrogen-bond donors (Lipinski definition) is 1. The topological polar surface area (TPSA) is 29.3 Å². The smallest absolute Gasteiger partial charge is 0.0331 e. The Kier molecular flexibility index (Phi) is 3.27.